The minimum atomic E-state index is -0.0965. The summed E-state index contributed by atoms with van der Waals surface area (Å²) in [6, 6.07) is 9.50. The van der Waals surface area contributed by atoms with Crippen LogP contribution in [0.1, 0.15) is 28.1 Å². The lowest BCUT2D eigenvalue weighted by atomic mass is 10.1. The molecular weight excluding hydrogens is 304 g/mol. The maximum Gasteiger partial charge on any atom is 0.254 e. The first-order valence-electron chi connectivity index (χ1n) is 8.34. The largest absolute Gasteiger partial charge is 0.486 e. The number of amides is 1. The molecule has 1 aliphatic rings. The summed E-state index contributed by atoms with van der Waals surface area (Å²) in [7, 11) is 2.11. The molecule has 2 heterocycles. The number of hydrogen-bond acceptors (Lipinski definition) is 4. The molecular formula is C19H24N2O3. The zero-order valence-corrected chi connectivity index (χ0v) is 14.2. The number of rotatable bonds is 6. The molecule has 1 aliphatic heterocycles. The van der Waals surface area contributed by atoms with Gasteiger partial charge in [-0.25, -0.2) is 0 Å². The highest BCUT2D eigenvalue weighted by Gasteiger charge is 2.21. The van der Waals surface area contributed by atoms with Gasteiger partial charge in [-0.05, 0) is 51.1 Å². The molecule has 1 saturated heterocycles. The molecule has 24 heavy (non-hydrogen) atoms. The molecule has 0 radical (unpaired) electrons. The molecule has 1 aromatic heterocycles. The third-order valence-electron chi connectivity index (χ3n) is 4.42. The highest BCUT2D eigenvalue weighted by molar-refractivity contribution is 5.95. The smallest absolute Gasteiger partial charge is 0.254 e. The minimum Gasteiger partial charge on any atom is -0.486 e. The minimum absolute atomic E-state index is 0.0965. The molecule has 0 saturated carbocycles. The molecule has 0 bridgehead atoms. The summed E-state index contributed by atoms with van der Waals surface area (Å²) in [6.07, 6.45) is 2.66. The second kappa shape index (κ2) is 7.53. The van der Waals surface area contributed by atoms with E-state index >= 15 is 0 Å². The molecule has 3 rings (SSSR count). The molecule has 1 amide bonds. The van der Waals surface area contributed by atoms with Gasteiger partial charge in [-0.3, -0.25) is 4.79 Å². The van der Waals surface area contributed by atoms with E-state index < -0.39 is 0 Å². The van der Waals surface area contributed by atoms with Crippen molar-refractivity contribution in [3.05, 3.63) is 53.5 Å². The van der Waals surface area contributed by atoms with Crippen molar-refractivity contribution in [3.63, 3.8) is 0 Å². The van der Waals surface area contributed by atoms with E-state index in [0.29, 0.717) is 23.8 Å². The van der Waals surface area contributed by atoms with Crippen molar-refractivity contribution in [1.29, 1.82) is 0 Å². The lowest BCUT2D eigenvalue weighted by Gasteiger charge is -2.12. The molecule has 5 nitrogen and oxygen atoms in total. The van der Waals surface area contributed by atoms with Crippen LogP contribution in [-0.2, 0) is 6.61 Å². The molecule has 5 heteroatoms. The molecule has 1 N–H and O–H groups in total. The lowest BCUT2D eigenvalue weighted by Crippen LogP contribution is -2.30. The Balaban J connectivity index is 1.54. The Morgan fingerprint density at radius 1 is 1.33 bits per heavy atom. The van der Waals surface area contributed by atoms with E-state index in [1.165, 1.54) is 11.8 Å². The van der Waals surface area contributed by atoms with E-state index in [2.05, 4.69) is 17.3 Å². The number of aryl methyl sites for hydroxylation is 1. The van der Waals surface area contributed by atoms with Gasteiger partial charge in [0.25, 0.3) is 5.91 Å². The van der Waals surface area contributed by atoms with Crippen LogP contribution in [-0.4, -0.2) is 37.5 Å². The van der Waals surface area contributed by atoms with Crippen LogP contribution in [0.4, 0.5) is 0 Å². The van der Waals surface area contributed by atoms with Gasteiger partial charge in [0.15, 0.2) is 5.76 Å². The third-order valence-corrected chi connectivity index (χ3v) is 4.42. The summed E-state index contributed by atoms with van der Waals surface area (Å²) in [5, 5.41) is 3.01. The zero-order valence-electron chi connectivity index (χ0n) is 14.2. The summed E-state index contributed by atoms with van der Waals surface area (Å²) >= 11 is 0. The van der Waals surface area contributed by atoms with Crippen LogP contribution < -0.4 is 10.1 Å². The van der Waals surface area contributed by atoms with Crippen molar-refractivity contribution in [2.45, 2.75) is 20.0 Å². The first-order chi connectivity index (χ1) is 11.6. The number of ether oxygens (including phenoxy) is 1. The van der Waals surface area contributed by atoms with Crippen LogP contribution in [0.5, 0.6) is 5.75 Å². The predicted octanol–water partition coefficient (Wildman–Crippen LogP) is 2.85. The monoisotopic (exact) mass is 328 g/mol. The second-order valence-electron chi connectivity index (χ2n) is 6.49. The number of nitrogens with zero attached hydrogens (tertiary/aromatic N) is 1. The topological polar surface area (TPSA) is 54.7 Å². The summed E-state index contributed by atoms with van der Waals surface area (Å²) < 4.78 is 11.1. The number of likely N-dealkylation sites (tertiary alicyclic amines) is 1. The molecule has 1 aromatic carbocycles. The highest BCUT2D eigenvalue weighted by Crippen LogP contribution is 2.17. The summed E-state index contributed by atoms with van der Waals surface area (Å²) in [4.78, 5) is 14.7. The zero-order chi connectivity index (χ0) is 16.9. The Bertz CT molecular complexity index is 678. The van der Waals surface area contributed by atoms with Gasteiger partial charge in [-0.15, -0.1) is 0 Å². The average Bonchev–Trinajstić information content (AvgIpc) is 3.21. The predicted molar refractivity (Wildman–Crippen MR) is 92.2 cm³/mol. The standard InChI is InChI=1S/C19H24N2O3/c1-14-3-5-16(6-4-14)24-13-18-17(8-10-23-18)19(22)20-11-15-7-9-21(2)12-15/h3-6,8,10,15H,7,9,11-13H2,1-2H3,(H,20,22)/t15-/m1/s1. The fraction of sp³-hybridized carbons (Fsp3) is 0.421. The maximum absolute atomic E-state index is 12.4. The van der Waals surface area contributed by atoms with Crippen molar-refractivity contribution >= 4 is 5.91 Å². The molecule has 0 spiro atoms. The van der Waals surface area contributed by atoms with Crippen molar-refractivity contribution in [1.82, 2.24) is 10.2 Å². The van der Waals surface area contributed by atoms with Crippen molar-refractivity contribution < 1.29 is 13.9 Å². The van der Waals surface area contributed by atoms with E-state index in [-0.39, 0.29) is 12.5 Å². The van der Waals surface area contributed by atoms with Gasteiger partial charge >= 0.3 is 0 Å². The van der Waals surface area contributed by atoms with E-state index in [0.717, 1.165) is 25.3 Å². The third kappa shape index (κ3) is 4.17. The van der Waals surface area contributed by atoms with E-state index in [4.69, 9.17) is 9.15 Å². The number of furan rings is 1. The lowest BCUT2D eigenvalue weighted by molar-refractivity contribution is 0.0943. The van der Waals surface area contributed by atoms with Crippen LogP contribution >= 0.6 is 0 Å². The SMILES string of the molecule is Cc1ccc(OCc2occc2C(=O)NC[C@H]2CCN(C)C2)cc1. The highest BCUT2D eigenvalue weighted by atomic mass is 16.5. The molecule has 128 valence electrons. The Kier molecular flexibility index (Phi) is 5.20. The van der Waals surface area contributed by atoms with E-state index in [1.54, 1.807) is 6.07 Å². The average molecular weight is 328 g/mol. The first kappa shape index (κ1) is 16.6. The normalized spacial score (nSPS) is 17.8. The summed E-state index contributed by atoms with van der Waals surface area (Å²) in [5.41, 5.74) is 1.73. The van der Waals surface area contributed by atoms with Crippen LogP contribution in [0.25, 0.3) is 0 Å². The number of carbonyl (C=O) groups excluding carboxylic acids is 1. The van der Waals surface area contributed by atoms with Gasteiger partial charge in [-0.1, -0.05) is 17.7 Å². The quantitative estimate of drug-likeness (QED) is 0.886. The van der Waals surface area contributed by atoms with Crippen LogP contribution in [0.2, 0.25) is 0 Å². The van der Waals surface area contributed by atoms with Crippen molar-refractivity contribution in [3.8, 4) is 5.75 Å². The van der Waals surface area contributed by atoms with Gasteiger partial charge in [0.1, 0.15) is 12.4 Å². The Hall–Kier alpha value is -2.27. The van der Waals surface area contributed by atoms with Gasteiger partial charge < -0.3 is 19.4 Å². The van der Waals surface area contributed by atoms with E-state index in [1.807, 2.05) is 31.2 Å². The molecule has 0 unspecified atom stereocenters. The maximum atomic E-state index is 12.4. The van der Waals surface area contributed by atoms with Gasteiger partial charge in [0, 0.05) is 13.1 Å². The second-order valence-corrected chi connectivity index (χ2v) is 6.49. The Morgan fingerprint density at radius 2 is 2.12 bits per heavy atom. The van der Waals surface area contributed by atoms with Crippen LogP contribution in [0, 0.1) is 12.8 Å². The van der Waals surface area contributed by atoms with Gasteiger partial charge in [0.05, 0.1) is 11.8 Å². The summed E-state index contributed by atoms with van der Waals surface area (Å²) in [6.45, 7) is 5.11. The molecule has 1 atom stereocenters. The molecule has 1 fully saturated rings. The number of nitrogens with one attached hydrogen (secondary N) is 1. The van der Waals surface area contributed by atoms with E-state index in [9.17, 15) is 4.79 Å². The van der Waals surface area contributed by atoms with Crippen molar-refractivity contribution in [2.75, 3.05) is 26.7 Å². The number of hydrogen-bond donors (Lipinski definition) is 1. The fourth-order valence-corrected chi connectivity index (χ4v) is 2.96. The molecule has 2 aromatic rings. The van der Waals surface area contributed by atoms with Gasteiger partial charge in [0.2, 0.25) is 0 Å². The summed E-state index contributed by atoms with van der Waals surface area (Å²) in [5.74, 6) is 1.74. The van der Waals surface area contributed by atoms with Crippen LogP contribution in [0.3, 0.4) is 0 Å². The first-order valence-corrected chi connectivity index (χ1v) is 8.34. The van der Waals surface area contributed by atoms with Crippen LogP contribution in [0.15, 0.2) is 41.0 Å². The van der Waals surface area contributed by atoms with Gasteiger partial charge in [-0.2, -0.15) is 0 Å². The molecule has 0 aliphatic carbocycles. The fourth-order valence-electron chi connectivity index (χ4n) is 2.96. The Morgan fingerprint density at radius 3 is 2.83 bits per heavy atom. The Labute approximate surface area is 142 Å². The number of benzene rings is 1. The van der Waals surface area contributed by atoms with Crippen molar-refractivity contribution in [2.24, 2.45) is 5.92 Å². The number of carbonyl (C=O) groups is 1.